The molecule has 1 saturated heterocycles. The fraction of sp³-hybridized carbons (Fsp3) is 0.391. The molecular weight excluding hydrogens is 392 g/mol. The number of nitrogens with zero attached hydrogens (tertiary/aromatic N) is 6. The Morgan fingerprint density at radius 2 is 1.90 bits per heavy atom. The van der Waals surface area contributed by atoms with Crippen LogP contribution in [-0.4, -0.2) is 39.3 Å². The second-order valence-corrected chi connectivity index (χ2v) is 7.40. The van der Waals surface area contributed by atoms with Crippen molar-refractivity contribution in [2.24, 2.45) is 0 Å². The fourth-order valence-corrected chi connectivity index (χ4v) is 3.96. The van der Waals surface area contributed by atoms with Crippen molar-refractivity contribution in [1.82, 2.24) is 19.1 Å². The third kappa shape index (κ3) is 3.85. The number of hydrogen-bond donors (Lipinski definition) is 0. The number of fused-ring (bicyclic) bond motifs is 1. The maximum absolute atomic E-state index is 13.6. The first kappa shape index (κ1) is 20.5. The summed E-state index contributed by atoms with van der Waals surface area (Å²) in [5.41, 5.74) is 1.73. The minimum absolute atomic E-state index is 0.168. The molecule has 3 aromatic rings. The molecule has 1 fully saturated rings. The highest BCUT2D eigenvalue weighted by Gasteiger charge is 2.24. The molecule has 0 atom stereocenters. The van der Waals surface area contributed by atoms with E-state index < -0.39 is 0 Å². The van der Waals surface area contributed by atoms with Crippen molar-refractivity contribution in [1.29, 1.82) is 5.26 Å². The Balaban J connectivity index is 1.91. The van der Waals surface area contributed by atoms with E-state index in [1.54, 1.807) is 19.1 Å². The molecule has 3 heterocycles. The van der Waals surface area contributed by atoms with Crippen molar-refractivity contribution in [3.05, 3.63) is 45.7 Å². The van der Waals surface area contributed by atoms with Crippen LogP contribution in [0.15, 0.2) is 29.1 Å². The highest BCUT2D eigenvalue weighted by atomic mass is 16.5. The molecule has 0 saturated carbocycles. The second-order valence-electron chi connectivity index (χ2n) is 7.40. The molecule has 31 heavy (non-hydrogen) atoms. The van der Waals surface area contributed by atoms with E-state index in [1.807, 2.05) is 16.7 Å². The van der Waals surface area contributed by atoms with Crippen molar-refractivity contribution in [3.8, 4) is 23.9 Å². The van der Waals surface area contributed by atoms with Gasteiger partial charge in [0.05, 0.1) is 31.8 Å². The Labute approximate surface area is 180 Å². The molecule has 0 aliphatic carbocycles. The number of aromatic nitrogens is 4. The van der Waals surface area contributed by atoms with Gasteiger partial charge in [0, 0.05) is 13.1 Å². The Morgan fingerprint density at radius 3 is 2.61 bits per heavy atom. The summed E-state index contributed by atoms with van der Waals surface area (Å²) in [5.74, 6) is 6.69. The lowest BCUT2D eigenvalue weighted by atomic mass is 10.1. The second kappa shape index (κ2) is 8.93. The number of hydrogen-bond acceptors (Lipinski definition) is 6. The van der Waals surface area contributed by atoms with E-state index in [9.17, 15) is 10.1 Å². The summed E-state index contributed by atoms with van der Waals surface area (Å²) in [7, 11) is 1.48. The van der Waals surface area contributed by atoms with Gasteiger partial charge in [0.1, 0.15) is 0 Å². The first-order valence-electron chi connectivity index (χ1n) is 10.4. The first-order valence-corrected chi connectivity index (χ1v) is 10.4. The quantitative estimate of drug-likeness (QED) is 0.594. The van der Waals surface area contributed by atoms with Crippen LogP contribution in [0.5, 0.6) is 6.01 Å². The molecule has 0 spiro atoms. The van der Waals surface area contributed by atoms with Gasteiger partial charge in [-0.25, -0.2) is 0 Å². The SMILES string of the molecule is CC#CCn1c(N2CCCCC2)nc2nc(OC)n(Cc3ccccc3C#N)c(=O)c21. The highest BCUT2D eigenvalue weighted by molar-refractivity contribution is 5.75. The standard InChI is InChI=1S/C23H24N6O2/c1-3-4-14-28-19-20(25-22(28)27-12-8-5-9-13-27)26-23(31-2)29(21(19)30)16-18-11-7-6-10-17(18)15-24/h6-7,10-11H,5,8-9,12-14,16H2,1-2H3. The summed E-state index contributed by atoms with van der Waals surface area (Å²) in [4.78, 5) is 25.1. The predicted molar refractivity (Wildman–Crippen MR) is 118 cm³/mol. The van der Waals surface area contributed by atoms with Gasteiger partial charge in [-0.3, -0.25) is 13.9 Å². The maximum atomic E-state index is 13.6. The molecule has 1 aliphatic rings. The molecule has 0 radical (unpaired) electrons. The van der Waals surface area contributed by atoms with Crippen LogP contribution in [0.4, 0.5) is 5.95 Å². The number of rotatable bonds is 5. The number of methoxy groups -OCH3 is 1. The third-order valence-electron chi connectivity index (χ3n) is 5.51. The molecule has 0 amide bonds. The van der Waals surface area contributed by atoms with E-state index >= 15 is 0 Å². The Kier molecular flexibility index (Phi) is 5.90. The van der Waals surface area contributed by atoms with Gasteiger partial charge in [0.15, 0.2) is 11.2 Å². The zero-order valence-electron chi connectivity index (χ0n) is 17.8. The topological polar surface area (TPSA) is 89.0 Å². The maximum Gasteiger partial charge on any atom is 0.301 e. The summed E-state index contributed by atoms with van der Waals surface area (Å²) in [6.45, 7) is 4.10. The largest absolute Gasteiger partial charge is 0.468 e. The van der Waals surface area contributed by atoms with Gasteiger partial charge in [0.2, 0.25) is 5.95 Å². The van der Waals surface area contributed by atoms with Crippen molar-refractivity contribution in [3.63, 3.8) is 0 Å². The average molecular weight is 416 g/mol. The van der Waals surface area contributed by atoms with Gasteiger partial charge in [-0.05, 0) is 37.8 Å². The lowest BCUT2D eigenvalue weighted by Crippen LogP contribution is -2.32. The van der Waals surface area contributed by atoms with Crippen LogP contribution in [0.1, 0.15) is 37.3 Å². The number of benzene rings is 1. The summed E-state index contributed by atoms with van der Waals surface area (Å²) in [6, 6.07) is 9.54. The van der Waals surface area contributed by atoms with Gasteiger partial charge in [-0.15, -0.1) is 5.92 Å². The van der Waals surface area contributed by atoms with E-state index in [-0.39, 0.29) is 18.1 Å². The molecule has 8 heteroatoms. The van der Waals surface area contributed by atoms with Gasteiger partial charge < -0.3 is 9.64 Å². The minimum atomic E-state index is -0.261. The summed E-state index contributed by atoms with van der Waals surface area (Å²) < 4.78 is 8.75. The van der Waals surface area contributed by atoms with Crippen LogP contribution >= 0.6 is 0 Å². The van der Waals surface area contributed by atoms with Crippen LogP contribution in [0, 0.1) is 23.2 Å². The van der Waals surface area contributed by atoms with Crippen LogP contribution in [0.25, 0.3) is 11.2 Å². The Bertz CT molecular complexity index is 1270. The van der Waals surface area contributed by atoms with Gasteiger partial charge in [-0.2, -0.15) is 15.2 Å². The average Bonchev–Trinajstić information content (AvgIpc) is 3.18. The summed E-state index contributed by atoms with van der Waals surface area (Å²) in [6.07, 6.45) is 3.38. The van der Waals surface area contributed by atoms with Crippen LogP contribution in [0.3, 0.4) is 0 Å². The van der Waals surface area contributed by atoms with Crippen molar-refractivity contribution >= 4 is 17.1 Å². The van der Waals surface area contributed by atoms with Gasteiger partial charge >= 0.3 is 6.01 Å². The number of ether oxygens (including phenoxy) is 1. The summed E-state index contributed by atoms with van der Waals surface area (Å²) >= 11 is 0. The van der Waals surface area contributed by atoms with Crippen LogP contribution in [-0.2, 0) is 13.1 Å². The lowest BCUT2D eigenvalue weighted by Gasteiger charge is -2.27. The number of anilines is 1. The first-order chi connectivity index (χ1) is 15.2. The van der Waals surface area contributed by atoms with Crippen molar-refractivity contribution < 1.29 is 4.74 Å². The van der Waals surface area contributed by atoms with E-state index in [4.69, 9.17) is 9.72 Å². The Hall–Kier alpha value is -3.78. The van der Waals surface area contributed by atoms with Gasteiger partial charge in [0.25, 0.3) is 5.56 Å². The fourth-order valence-electron chi connectivity index (χ4n) is 3.96. The van der Waals surface area contributed by atoms with Crippen LogP contribution < -0.4 is 15.2 Å². The van der Waals surface area contributed by atoms with E-state index in [0.29, 0.717) is 23.3 Å². The molecule has 0 unspecified atom stereocenters. The van der Waals surface area contributed by atoms with E-state index in [1.165, 1.54) is 18.1 Å². The smallest absolute Gasteiger partial charge is 0.301 e. The molecule has 1 aliphatic heterocycles. The number of imidazole rings is 1. The molecule has 1 aromatic carbocycles. The molecule has 4 rings (SSSR count). The molecule has 0 bridgehead atoms. The zero-order valence-corrected chi connectivity index (χ0v) is 17.8. The van der Waals surface area contributed by atoms with Crippen molar-refractivity contribution in [2.75, 3.05) is 25.1 Å². The number of piperidine rings is 1. The normalized spacial score (nSPS) is 13.5. The predicted octanol–water partition coefficient (Wildman–Crippen LogP) is 2.54. The third-order valence-corrected chi connectivity index (χ3v) is 5.51. The van der Waals surface area contributed by atoms with Crippen molar-refractivity contribution in [2.45, 2.75) is 39.3 Å². The zero-order chi connectivity index (χ0) is 21.8. The molecule has 158 valence electrons. The number of nitriles is 1. The summed E-state index contributed by atoms with van der Waals surface area (Å²) in [5, 5.41) is 9.43. The van der Waals surface area contributed by atoms with Gasteiger partial charge in [-0.1, -0.05) is 24.1 Å². The lowest BCUT2D eigenvalue weighted by molar-refractivity contribution is 0.353. The Morgan fingerprint density at radius 1 is 1.13 bits per heavy atom. The van der Waals surface area contributed by atoms with Crippen LogP contribution in [0.2, 0.25) is 0 Å². The molecule has 8 nitrogen and oxygen atoms in total. The van der Waals surface area contributed by atoms with E-state index in [2.05, 4.69) is 27.8 Å². The monoisotopic (exact) mass is 416 g/mol. The molecular formula is C23H24N6O2. The molecule has 0 N–H and O–H groups in total. The minimum Gasteiger partial charge on any atom is -0.468 e. The molecule has 2 aromatic heterocycles. The highest BCUT2D eigenvalue weighted by Crippen LogP contribution is 2.24. The van der Waals surface area contributed by atoms with E-state index in [0.717, 1.165) is 37.4 Å².